The molecule has 2 aromatic heterocycles. The van der Waals surface area contributed by atoms with Gasteiger partial charge in [0.05, 0.1) is 29.1 Å². The molecule has 1 saturated heterocycles. The Morgan fingerprint density at radius 1 is 1.29 bits per heavy atom. The Hall–Kier alpha value is -2.45. The fraction of sp³-hybridized carbons (Fsp3) is 0.273. The fourth-order valence-electron chi connectivity index (χ4n) is 3.82. The molecule has 3 aromatic rings. The highest BCUT2D eigenvalue weighted by Gasteiger charge is 2.44. The van der Waals surface area contributed by atoms with Crippen LogP contribution in [0.1, 0.15) is 16.9 Å². The number of nitrogens with one attached hydrogen (secondary N) is 1. The van der Waals surface area contributed by atoms with Crippen molar-refractivity contribution in [1.82, 2.24) is 9.97 Å². The first-order valence-corrected chi connectivity index (χ1v) is 13.6. The Morgan fingerprint density at radius 3 is 2.82 bits per heavy atom. The minimum Gasteiger partial charge on any atom is -0.368 e. The SMILES string of the molecule is C=Ic1cccc(F)c1-c1nc(C(=O)Nc2cnccc2N2C[C@H](N)C[C@@H](C(F)(F)F)C2)cs1. The van der Waals surface area contributed by atoms with E-state index >= 15 is 0 Å². The molecular weight excluding hydrogens is 585 g/mol. The normalized spacial score (nSPS) is 18.7. The zero-order chi connectivity index (χ0) is 24.5. The third kappa shape index (κ3) is 5.28. The van der Waals surface area contributed by atoms with Crippen LogP contribution in [0.3, 0.4) is 0 Å². The zero-order valence-corrected chi connectivity index (χ0v) is 20.6. The summed E-state index contributed by atoms with van der Waals surface area (Å²) in [7, 11) is 0. The first kappa shape index (κ1) is 24.7. The molecular formula is C22H20F4IN5OS. The number of hydrogen-bond acceptors (Lipinski definition) is 6. The topological polar surface area (TPSA) is 84.1 Å². The molecule has 0 saturated carbocycles. The van der Waals surface area contributed by atoms with Gasteiger partial charge in [0.2, 0.25) is 0 Å². The summed E-state index contributed by atoms with van der Waals surface area (Å²) in [5, 5.41) is 4.55. The van der Waals surface area contributed by atoms with Crippen molar-refractivity contribution in [3.8, 4) is 10.6 Å². The number of carbonyl (C=O) groups excluding carboxylic acids is 1. The molecule has 3 N–H and O–H groups in total. The van der Waals surface area contributed by atoms with E-state index in [9.17, 15) is 22.4 Å². The molecule has 2 atom stereocenters. The summed E-state index contributed by atoms with van der Waals surface area (Å²) in [4.78, 5) is 22.7. The van der Waals surface area contributed by atoms with E-state index in [0.717, 1.165) is 14.9 Å². The molecule has 0 aliphatic carbocycles. The molecule has 6 nitrogen and oxygen atoms in total. The van der Waals surface area contributed by atoms with Crippen LogP contribution in [0.15, 0.2) is 42.0 Å². The summed E-state index contributed by atoms with van der Waals surface area (Å²) < 4.78 is 59.2. The second kappa shape index (κ2) is 10.0. The molecule has 1 fully saturated rings. The summed E-state index contributed by atoms with van der Waals surface area (Å²) >= 11 is 0.472. The Labute approximate surface area is 207 Å². The van der Waals surface area contributed by atoms with Crippen molar-refractivity contribution in [2.24, 2.45) is 11.7 Å². The molecule has 1 aromatic carbocycles. The number of pyridine rings is 1. The van der Waals surface area contributed by atoms with Gasteiger partial charge in [-0.3, -0.25) is 9.78 Å². The van der Waals surface area contributed by atoms with E-state index in [-0.39, 0.29) is 30.9 Å². The Morgan fingerprint density at radius 2 is 2.09 bits per heavy atom. The molecule has 180 valence electrons. The van der Waals surface area contributed by atoms with Gasteiger partial charge in [0.25, 0.3) is 5.91 Å². The second-order valence-electron chi connectivity index (χ2n) is 7.75. The van der Waals surface area contributed by atoms with Gasteiger partial charge in [-0.1, -0.05) is 31.3 Å². The van der Waals surface area contributed by atoms with Crippen LogP contribution in [-0.4, -0.2) is 45.7 Å². The number of carbonyl (C=O) groups is 1. The molecule has 1 aliphatic heterocycles. The van der Waals surface area contributed by atoms with Crippen LogP contribution in [0.2, 0.25) is 0 Å². The molecule has 34 heavy (non-hydrogen) atoms. The minimum absolute atomic E-state index is 0.0646. The first-order chi connectivity index (χ1) is 16.2. The maximum absolute atomic E-state index is 14.4. The monoisotopic (exact) mass is 605 g/mol. The van der Waals surface area contributed by atoms with E-state index in [0.29, 0.717) is 16.3 Å². The average Bonchev–Trinajstić information content (AvgIpc) is 3.28. The van der Waals surface area contributed by atoms with Crippen molar-refractivity contribution in [1.29, 1.82) is 0 Å². The average molecular weight is 605 g/mol. The number of halogens is 5. The zero-order valence-electron chi connectivity index (χ0n) is 17.6. The Balaban J connectivity index is 1.58. The molecule has 0 bridgehead atoms. The van der Waals surface area contributed by atoms with E-state index in [1.807, 2.05) is 0 Å². The molecule has 0 unspecified atom stereocenters. The number of thiazole rings is 1. The van der Waals surface area contributed by atoms with Gasteiger partial charge in [-0.2, -0.15) is 13.2 Å². The number of anilines is 2. The van der Waals surface area contributed by atoms with Crippen LogP contribution in [0.4, 0.5) is 28.9 Å². The molecule has 1 aliphatic rings. The smallest absolute Gasteiger partial charge is 0.368 e. The highest BCUT2D eigenvalue weighted by Crippen LogP contribution is 2.37. The maximum Gasteiger partial charge on any atom is 0.393 e. The number of amides is 1. The summed E-state index contributed by atoms with van der Waals surface area (Å²) in [6, 6.07) is 5.61. The van der Waals surface area contributed by atoms with Crippen LogP contribution in [0.5, 0.6) is 0 Å². The van der Waals surface area contributed by atoms with E-state index in [2.05, 4.69) is 19.8 Å². The van der Waals surface area contributed by atoms with Crippen LogP contribution in [0, 0.1) is 15.3 Å². The number of nitrogens with two attached hydrogens (primary N) is 1. The van der Waals surface area contributed by atoms with E-state index in [4.69, 9.17) is 5.73 Å². The standard InChI is InChI=1S/C22H20F4IN5OS/c1-27-15-4-2-3-14(23)19(15)21-31-17(11-34-21)20(33)30-16-8-29-6-5-18(16)32-9-12(22(24,25)26)7-13(28)10-32/h2-6,8,11-13H,1,7,9-10,28H2,(H,30,33)/t12-,13-/m1/s1. The van der Waals surface area contributed by atoms with Crippen molar-refractivity contribution < 1.29 is 22.4 Å². The van der Waals surface area contributed by atoms with Crippen molar-refractivity contribution >= 4 is 53.9 Å². The molecule has 12 heteroatoms. The maximum atomic E-state index is 14.4. The predicted molar refractivity (Wildman–Crippen MR) is 134 cm³/mol. The highest BCUT2D eigenvalue weighted by atomic mass is 127. The summed E-state index contributed by atoms with van der Waals surface area (Å²) in [6.45, 7) is -0.0559. The number of nitrogens with zero attached hydrogens (tertiary/aromatic N) is 3. The van der Waals surface area contributed by atoms with Crippen LogP contribution in [0.25, 0.3) is 10.6 Å². The lowest BCUT2D eigenvalue weighted by Crippen LogP contribution is -2.51. The number of hydrogen-bond donors (Lipinski definition) is 2. The third-order valence-electron chi connectivity index (χ3n) is 5.39. The quantitative estimate of drug-likeness (QED) is 0.320. The molecule has 0 radical (unpaired) electrons. The third-order valence-corrected chi connectivity index (χ3v) is 7.97. The Kier molecular flexibility index (Phi) is 7.28. The highest BCUT2D eigenvalue weighted by molar-refractivity contribution is 14.2. The first-order valence-electron chi connectivity index (χ1n) is 10.1. The van der Waals surface area contributed by atoms with Crippen molar-refractivity contribution in [3.63, 3.8) is 0 Å². The van der Waals surface area contributed by atoms with Crippen molar-refractivity contribution in [3.05, 3.63) is 57.1 Å². The number of alkyl halides is 3. The van der Waals surface area contributed by atoms with Gasteiger partial charge in [-0.25, -0.2) is 9.37 Å². The summed E-state index contributed by atoms with van der Waals surface area (Å²) in [5.74, 6) is -2.58. The molecule has 0 spiro atoms. The Bertz CT molecular complexity index is 1220. The van der Waals surface area contributed by atoms with Gasteiger partial charge >= 0.3 is 6.18 Å². The number of benzene rings is 1. The van der Waals surface area contributed by atoms with Crippen molar-refractivity contribution in [2.75, 3.05) is 23.3 Å². The largest absolute Gasteiger partial charge is 0.393 e. The summed E-state index contributed by atoms with van der Waals surface area (Å²) in [5.41, 5.74) is 6.94. The number of piperidine rings is 1. The molecule has 4 rings (SSSR count). The molecule has 1 amide bonds. The van der Waals surface area contributed by atoms with Gasteiger partial charge in [-0.15, -0.1) is 11.3 Å². The van der Waals surface area contributed by atoms with Gasteiger partial charge < -0.3 is 16.0 Å². The minimum atomic E-state index is -4.37. The van der Waals surface area contributed by atoms with Crippen LogP contribution in [-0.2, 0) is 0 Å². The van der Waals surface area contributed by atoms with E-state index in [1.165, 1.54) is 34.8 Å². The van der Waals surface area contributed by atoms with Gasteiger partial charge in [0.1, 0.15) is 16.5 Å². The van der Waals surface area contributed by atoms with Crippen molar-refractivity contribution in [2.45, 2.75) is 18.6 Å². The van der Waals surface area contributed by atoms with Gasteiger partial charge in [0.15, 0.2) is 0 Å². The van der Waals surface area contributed by atoms with Crippen LogP contribution < -0.4 is 16.0 Å². The fourth-order valence-corrected chi connectivity index (χ4v) is 6.22. The van der Waals surface area contributed by atoms with E-state index in [1.54, 1.807) is 12.1 Å². The second-order valence-corrected chi connectivity index (χ2v) is 10.5. The van der Waals surface area contributed by atoms with Gasteiger partial charge in [0, 0.05) is 34.3 Å². The van der Waals surface area contributed by atoms with Gasteiger partial charge in [-0.05, 0) is 24.6 Å². The predicted octanol–water partition coefficient (Wildman–Crippen LogP) is 4.88. The lowest BCUT2D eigenvalue weighted by atomic mass is 9.93. The lowest BCUT2D eigenvalue weighted by molar-refractivity contribution is -0.177. The van der Waals surface area contributed by atoms with Crippen LogP contribution >= 0.6 is 32.1 Å². The molecule has 3 heterocycles. The van der Waals surface area contributed by atoms with E-state index < -0.39 is 50.6 Å². The number of aromatic nitrogens is 2. The lowest BCUT2D eigenvalue weighted by Gasteiger charge is -2.39. The summed E-state index contributed by atoms with van der Waals surface area (Å²) in [6.07, 6.45) is -1.71. The number of rotatable bonds is 5.